The van der Waals surface area contributed by atoms with Gasteiger partial charge in [-0.05, 0) is 24.6 Å². The van der Waals surface area contributed by atoms with Crippen molar-refractivity contribution in [1.82, 2.24) is 5.32 Å². The van der Waals surface area contributed by atoms with Crippen LogP contribution in [0.3, 0.4) is 0 Å². The second kappa shape index (κ2) is 6.92. The summed E-state index contributed by atoms with van der Waals surface area (Å²) >= 11 is 16.5. The van der Waals surface area contributed by atoms with Crippen molar-refractivity contribution in [1.29, 1.82) is 0 Å². The summed E-state index contributed by atoms with van der Waals surface area (Å²) in [5.41, 5.74) is 5.93. The fraction of sp³-hybridized carbons (Fsp3) is 0.333. The van der Waals surface area contributed by atoms with E-state index >= 15 is 0 Å². The van der Waals surface area contributed by atoms with Crippen LogP contribution < -0.4 is 11.1 Å². The van der Waals surface area contributed by atoms with E-state index in [0.29, 0.717) is 27.0 Å². The first-order chi connectivity index (χ1) is 8.43. The van der Waals surface area contributed by atoms with Gasteiger partial charge in [0.25, 0.3) is 5.91 Å². The average molecular weight is 305 g/mol. The topological polar surface area (TPSA) is 55.1 Å². The van der Waals surface area contributed by atoms with Crippen LogP contribution in [0.5, 0.6) is 0 Å². The maximum atomic E-state index is 12.0. The van der Waals surface area contributed by atoms with Crippen LogP contribution in [0.25, 0.3) is 0 Å². The number of hydrogen-bond acceptors (Lipinski definition) is 2. The Kier molecular flexibility index (Phi) is 5.85. The van der Waals surface area contributed by atoms with Crippen LogP contribution in [-0.2, 0) is 0 Å². The highest BCUT2D eigenvalue weighted by molar-refractivity contribution is 7.80. The standard InChI is InChI=1S/C12H14Cl2N2OS/c1-2-8(6-11(15)18)16-12(17)7-3-4-9(13)10(14)5-7/h3-5,8H,2,6H2,1H3,(H2,15,18)(H,16,17). The first kappa shape index (κ1) is 15.2. The van der Waals surface area contributed by atoms with E-state index in [0.717, 1.165) is 6.42 Å². The number of thiocarbonyl (C=S) groups is 1. The number of halogens is 2. The molecule has 1 aromatic carbocycles. The summed E-state index contributed by atoms with van der Waals surface area (Å²) in [5, 5.41) is 3.63. The Hall–Kier alpha value is -0.840. The molecule has 0 radical (unpaired) electrons. The number of amides is 1. The lowest BCUT2D eigenvalue weighted by molar-refractivity contribution is 0.0937. The molecule has 18 heavy (non-hydrogen) atoms. The SMILES string of the molecule is CCC(CC(N)=S)NC(=O)c1ccc(Cl)c(Cl)c1. The number of nitrogens with one attached hydrogen (secondary N) is 1. The van der Waals surface area contributed by atoms with E-state index in [1.807, 2.05) is 6.92 Å². The Balaban J connectivity index is 2.74. The zero-order valence-electron chi connectivity index (χ0n) is 9.87. The van der Waals surface area contributed by atoms with Crippen molar-refractivity contribution in [2.24, 2.45) is 5.73 Å². The number of hydrogen-bond donors (Lipinski definition) is 2. The molecule has 1 atom stereocenters. The molecule has 3 N–H and O–H groups in total. The van der Waals surface area contributed by atoms with Crippen LogP contribution in [0.4, 0.5) is 0 Å². The maximum Gasteiger partial charge on any atom is 0.251 e. The molecule has 1 rings (SSSR count). The lowest BCUT2D eigenvalue weighted by Gasteiger charge is -2.16. The summed E-state index contributed by atoms with van der Waals surface area (Å²) in [6, 6.07) is 4.68. The van der Waals surface area contributed by atoms with Gasteiger partial charge in [-0.15, -0.1) is 0 Å². The third kappa shape index (κ3) is 4.44. The van der Waals surface area contributed by atoms with E-state index in [1.165, 1.54) is 6.07 Å². The van der Waals surface area contributed by atoms with Crippen LogP contribution in [-0.4, -0.2) is 16.9 Å². The van der Waals surface area contributed by atoms with Gasteiger partial charge >= 0.3 is 0 Å². The highest BCUT2D eigenvalue weighted by atomic mass is 35.5. The van der Waals surface area contributed by atoms with E-state index in [1.54, 1.807) is 12.1 Å². The minimum absolute atomic E-state index is 0.0653. The summed E-state index contributed by atoms with van der Waals surface area (Å²) in [4.78, 5) is 12.3. The molecule has 1 unspecified atom stereocenters. The Morgan fingerprint density at radius 2 is 2.11 bits per heavy atom. The summed E-state index contributed by atoms with van der Waals surface area (Å²) in [7, 11) is 0. The number of carbonyl (C=O) groups excluding carboxylic acids is 1. The third-order valence-corrected chi connectivity index (χ3v) is 3.36. The lowest BCUT2D eigenvalue weighted by Crippen LogP contribution is -2.37. The zero-order chi connectivity index (χ0) is 13.7. The normalized spacial score (nSPS) is 11.9. The predicted molar refractivity (Wildman–Crippen MR) is 79.4 cm³/mol. The lowest BCUT2D eigenvalue weighted by atomic mass is 10.1. The Morgan fingerprint density at radius 1 is 1.44 bits per heavy atom. The summed E-state index contributed by atoms with van der Waals surface area (Å²) in [5.74, 6) is -0.211. The van der Waals surface area contributed by atoms with Gasteiger partial charge in [0.1, 0.15) is 0 Å². The third-order valence-electron chi connectivity index (χ3n) is 2.46. The van der Waals surface area contributed by atoms with Crippen molar-refractivity contribution in [2.75, 3.05) is 0 Å². The first-order valence-electron chi connectivity index (χ1n) is 5.48. The molecule has 3 nitrogen and oxygen atoms in total. The van der Waals surface area contributed by atoms with Gasteiger partial charge in [0.2, 0.25) is 0 Å². The molecule has 0 saturated heterocycles. The number of benzene rings is 1. The molecule has 0 aliphatic rings. The molecule has 6 heteroatoms. The minimum atomic E-state index is -0.211. The Labute approximate surface area is 122 Å². The van der Waals surface area contributed by atoms with Crippen LogP contribution >= 0.6 is 35.4 Å². The van der Waals surface area contributed by atoms with Crippen molar-refractivity contribution in [3.8, 4) is 0 Å². The van der Waals surface area contributed by atoms with Gasteiger partial charge < -0.3 is 11.1 Å². The van der Waals surface area contributed by atoms with Gasteiger partial charge in [0.05, 0.1) is 15.0 Å². The molecule has 0 saturated carbocycles. The second-order valence-electron chi connectivity index (χ2n) is 3.88. The Morgan fingerprint density at radius 3 is 2.61 bits per heavy atom. The van der Waals surface area contributed by atoms with E-state index in [2.05, 4.69) is 5.32 Å². The van der Waals surface area contributed by atoms with Gasteiger partial charge in [-0.1, -0.05) is 42.3 Å². The quantitative estimate of drug-likeness (QED) is 0.822. The molecule has 0 spiro atoms. The van der Waals surface area contributed by atoms with Gasteiger partial charge in [-0.2, -0.15) is 0 Å². The molecule has 0 aliphatic heterocycles. The summed E-state index contributed by atoms with van der Waals surface area (Å²) < 4.78 is 0. The van der Waals surface area contributed by atoms with Crippen molar-refractivity contribution in [3.63, 3.8) is 0 Å². The monoisotopic (exact) mass is 304 g/mol. The fourth-order valence-electron chi connectivity index (χ4n) is 1.45. The van der Waals surface area contributed by atoms with Crippen molar-refractivity contribution in [2.45, 2.75) is 25.8 Å². The molecule has 1 aromatic rings. The van der Waals surface area contributed by atoms with E-state index in [9.17, 15) is 4.79 Å². The fourth-order valence-corrected chi connectivity index (χ4v) is 1.95. The second-order valence-corrected chi connectivity index (χ2v) is 5.22. The largest absolute Gasteiger partial charge is 0.393 e. The van der Waals surface area contributed by atoms with Gasteiger partial charge in [0.15, 0.2) is 0 Å². The highest BCUT2D eigenvalue weighted by Gasteiger charge is 2.13. The molecule has 0 heterocycles. The number of rotatable bonds is 5. The number of carbonyl (C=O) groups is 1. The summed E-state index contributed by atoms with van der Waals surface area (Å²) in [6.07, 6.45) is 1.24. The van der Waals surface area contributed by atoms with Gasteiger partial charge in [-0.3, -0.25) is 4.79 Å². The van der Waals surface area contributed by atoms with Crippen LogP contribution in [0.1, 0.15) is 30.1 Å². The van der Waals surface area contributed by atoms with Crippen molar-refractivity contribution >= 4 is 46.3 Å². The van der Waals surface area contributed by atoms with Gasteiger partial charge in [-0.25, -0.2) is 0 Å². The molecule has 0 fully saturated rings. The predicted octanol–water partition coefficient (Wildman–Crippen LogP) is 3.18. The number of nitrogens with two attached hydrogens (primary N) is 1. The summed E-state index contributed by atoms with van der Waals surface area (Å²) in [6.45, 7) is 1.96. The minimum Gasteiger partial charge on any atom is -0.393 e. The van der Waals surface area contributed by atoms with Gasteiger partial charge in [0, 0.05) is 18.0 Å². The molecular weight excluding hydrogens is 291 g/mol. The zero-order valence-corrected chi connectivity index (χ0v) is 12.2. The molecular formula is C12H14Cl2N2OS. The van der Waals surface area contributed by atoms with Crippen LogP contribution in [0.15, 0.2) is 18.2 Å². The smallest absolute Gasteiger partial charge is 0.251 e. The highest BCUT2D eigenvalue weighted by Crippen LogP contribution is 2.22. The molecule has 0 bridgehead atoms. The average Bonchev–Trinajstić information content (AvgIpc) is 2.31. The van der Waals surface area contributed by atoms with E-state index in [4.69, 9.17) is 41.2 Å². The molecule has 0 aliphatic carbocycles. The Bertz CT molecular complexity index is 465. The maximum absolute atomic E-state index is 12.0. The first-order valence-corrected chi connectivity index (χ1v) is 6.64. The molecule has 1 amide bonds. The van der Waals surface area contributed by atoms with Crippen LogP contribution in [0, 0.1) is 0 Å². The molecule has 98 valence electrons. The van der Waals surface area contributed by atoms with E-state index in [-0.39, 0.29) is 11.9 Å². The van der Waals surface area contributed by atoms with E-state index < -0.39 is 0 Å². The molecule has 0 aromatic heterocycles. The van der Waals surface area contributed by atoms with Crippen molar-refractivity contribution < 1.29 is 4.79 Å². The van der Waals surface area contributed by atoms with Crippen molar-refractivity contribution in [3.05, 3.63) is 33.8 Å². The van der Waals surface area contributed by atoms with Crippen LogP contribution in [0.2, 0.25) is 10.0 Å².